The zero-order valence-electron chi connectivity index (χ0n) is 12.2. The van der Waals surface area contributed by atoms with Crippen molar-refractivity contribution in [2.24, 2.45) is 0 Å². The largest absolute Gasteiger partial charge is 0.387 e. The van der Waals surface area contributed by atoms with Crippen molar-refractivity contribution in [3.63, 3.8) is 0 Å². The van der Waals surface area contributed by atoms with Crippen LogP contribution in [0.5, 0.6) is 0 Å². The van der Waals surface area contributed by atoms with Crippen LogP contribution in [0.25, 0.3) is 0 Å². The normalized spacial score (nSPS) is 25.0. The molecule has 116 valence electrons. The maximum absolute atomic E-state index is 13.5. The highest BCUT2D eigenvalue weighted by atomic mass is 19.1. The molecule has 0 spiro atoms. The molecule has 1 heterocycles. The molecule has 1 aromatic rings. The molecule has 21 heavy (non-hydrogen) atoms. The van der Waals surface area contributed by atoms with E-state index in [4.69, 9.17) is 4.74 Å². The topological polar surface area (TPSA) is 44.7 Å². The van der Waals surface area contributed by atoms with Gasteiger partial charge in [-0.3, -0.25) is 4.90 Å². The molecule has 0 aromatic heterocycles. The standard InChI is InChI=1S/C16H23FN2O2/c17-15-4-2-1-3-14(15)16(20)10-18-9-13-11-19(7-8-21-13)12-5-6-12/h1-4,12-13,16,18,20H,5-11H2. The van der Waals surface area contributed by atoms with Crippen LogP contribution in [0.3, 0.4) is 0 Å². The van der Waals surface area contributed by atoms with Crippen molar-refractivity contribution in [2.75, 3.05) is 32.8 Å². The van der Waals surface area contributed by atoms with Crippen molar-refractivity contribution in [1.29, 1.82) is 0 Å². The van der Waals surface area contributed by atoms with Gasteiger partial charge in [0.15, 0.2) is 0 Å². The van der Waals surface area contributed by atoms with E-state index in [9.17, 15) is 9.50 Å². The summed E-state index contributed by atoms with van der Waals surface area (Å²) in [7, 11) is 0. The highest BCUT2D eigenvalue weighted by Gasteiger charge is 2.32. The molecule has 0 bridgehead atoms. The number of halogens is 1. The molecule has 1 aromatic carbocycles. The number of ether oxygens (including phenoxy) is 1. The average molecular weight is 294 g/mol. The van der Waals surface area contributed by atoms with Crippen LogP contribution in [0.4, 0.5) is 4.39 Å². The maximum Gasteiger partial charge on any atom is 0.129 e. The lowest BCUT2D eigenvalue weighted by molar-refractivity contribution is -0.0309. The first-order valence-electron chi connectivity index (χ1n) is 7.73. The Hall–Kier alpha value is -1.01. The van der Waals surface area contributed by atoms with Gasteiger partial charge in [-0.15, -0.1) is 0 Å². The SMILES string of the molecule is OC(CNCC1CN(C2CC2)CCO1)c1ccccc1F. The molecule has 1 saturated heterocycles. The molecule has 2 unspecified atom stereocenters. The highest BCUT2D eigenvalue weighted by Crippen LogP contribution is 2.28. The smallest absolute Gasteiger partial charge is 0.129 e. The Bertz CT molecular complexity index is 467. The van der Waals surface area contributed by atoms with Gasteiger partial charge >= 0.3 is 0 Å². The molecule has 2 fully saturated rings. The Morgan fingerprint density at radius 1 is 1.38 bits per heavy atom. The molecule has 2 aliphatic rings. The van der Waals surface area contributed by atoms with Gasteiger partial charge in [-0.2, -0.15) is 0 Å². The van der Waals surface area contributed by atoms with Crippen LogP contribution in [0.1, 0.15) is 24.5 Å². The third kappa shape index (κ3) is 4.01. The second kappa shape index (κ2) is 6.83. The van der Waals surface area contributed by atoms with E-state index in [0.717, 1.165) is 25.7 Å². The van der Waals surface area contributed by atoms with Crippen LogP contribution in [-0.4, -0.2) is 54.9 Å². The minimum Gasteiger partial charge on any atom is -0.387 e. The van der Waals surface area contributed by atoms with Gasteiger partial charge in [-0.05, 0) is 18.9 Å². The molecule has 5 heteroatoms. The first-order valence-corrected chi connectivity index (χ1v) is 7.73. The number of aliphatic hydroxyl groups excluding tert-OH is 1. The van der Waals surface area contributed by atoms with Crippen molar-refractivity contribution in [3.8, 4) is 0 Å². The molecular weight excluding hydrogens is 271 g/mol. The Morgan fingerprint density at radius 3 is 2.95 bits per heavy atom. The Balaban J connectivity index is 1.42. The summed E-state index contributed by atoms with van der Waals surface area (Å²) in [6.07, 6.45) is 1.96. The monoisotopic (exact) mass is 294 g/mol. The summed E-state index contributed by atoms with van der Waals surface area (Å²) in [6.45, 7) is 3.78. The minimum absolute atomic E-state index is 0.159. The van der Waals surface area contributed by atoms with Crippen LogP contribution in [0.15, 0.2) is 24.3 Å². The van der Waals surface area contributed by atoms with Crippen LogP contribution >= 0.6 is 0 Å². The first kappa shape index (κ1) is 14.9. The summed E-state index contributed by atoms with van der Waals surface area (Å²) in [5.41, 5.74) is 0.342. The third-order valence-electron chi connectivity index (χ3n) is 4.21. The molecule has 1 aliphatic heterocycles. The fourth-order valence-electron chi connectivity index (χ4n) is 2.87. The van der Waals surface area contributed by atoms with Crippen molar-refractivity contribution in [1.82, 2.24) is 10.2 Å². The zero-order chi connectivity index (χ0) is 14.7. The summed E-state index contributed by atoms with van der Waals surface area (Å²) in [6, 6.07) is 7.12. The molecule has 2 N–H and O–H groups in total. The van der Waals surface area contributed by atoms with E-state index in [-0.39, 0.29) is 11.9 Å². The van der Waals surface area contributed by atoms with E-state index in [1.54, 1.807) is 18.2 Å². The minimum atomic E-state index is -0.825. The Morgan fingerprint density at radius 2 is 2.19 bits per heavy atom. The first-order chi connectivity index (χ1) is 10.2. The Kier molecular flexibility index (Phi) is 4.85. The quantitative estimate of drug-likeness (QED) is 0.830. The molecule has 1 saturated carbocycles. The fourth-order valence-corrected chi connectivity index (χ4v) is 2.87. The van der Waals surface area contributed by atoms with Crippen molar-refractivity contribution in [2.45, 2.75) is 31.1 Å². The molecule has 2 atom stereocenters. The molecule has 4 nitrogen and oxygen atoms in total. The molecule has 1 aliphatic carbocycles. The van der Waals surface area contributed by atoms with E-state index < -0.39 is 6.10 Å². The van der Waals surface area contributed by atoms with Crippen LogP contribution in [-0.2, 0) is 4.74 Å². The molecule has 3 rings (SSSR count). The van der Waals surface area contributed by atoms with Gasteiger partial charge in [0, 0.05) is 37.8 Å². The van der Waals surface area contributed by atoms with Crippen molar-refractivity contribution >= 4 is 0 Å². The number of benzene rings is 1. The number of rotatable bonds is 6. The number of aliphatic hydroxyl groups is 1. The summed E-state index contributed by atoms with van der Waals surface area (Å²) in [5.74, 6) is -0.361. The second-order valence-corrected chi connectivity index (χ2v) is 5.91. The lowest BCUT2D eigenvalue weighted by Crippen LogP contribution is -2.47. The van der Waals surface area contributed by atoms with Crippen molar-refractivity contribution in [3.05, 3.63) is 35.6 Å². The van der Waals surface area contributed by atoms with E-state index in [2.05, 4.69) is 10.2 Å². The molecular formula is C16H23FN2O2. The average Bonchev–Trinajstić information content (AvgIpc) is 3.32. The van der Waals surface area contributed by atoms with E-state index in [1.807, 2.05) is 0 Å². The van der Waals surface area contributed by atoms with Crippen LogP contribution in [0, 0.1) is 5.82 Å². The lowest BCUT2D eigenvalue weighted by Gasteiger charge is -2.33. The fraction of sp³-hybridized carbons (Fsp3) is 0.625. The predicted octanol–water partition coefficient (Wildman–Crippen LogP) is 1.31. The van der Waals surface area contributed by atoms with Gasteiger partial charge in [0.05, 0.1) is 18.8 Å². The number of hydrogen-bond acceptors (Lipinski definition) is 4. The van der Waals surface area contributed by atoms with E-state index in [1.165, 1.54) is 18.9 Å². The zero-order valence-corrected chi connectivity index (χ0v) is 12.2. The highest BCUT2D eigenvalue weighted by molar-refractivity contribution is 5.19. The van der Waals surface area contributed by atoms with Crippen LogP contribution in [0.2, 0.25) is 0 Å². The predicted molar refractivity (Wildman–Crippen MR) is 78.6 cm³/mol. The van der Waals surface area contributed by atoms with Crippen molar-refractivity contribution < 1.29 is 14.2 Å². The van der Waals surface area contributed by atoms with E-state index in [0.29, 0.717) is 18.7 Å². The van der Waals surface area contributed by atoms with Gasteiger partial charge in [0.25, 0.3) is 0 Å². The number of morpholine rings is 1. The van der Waals surface area contributed by atoms with Crippen LogP contribution < -0.4 is 5.32 Å². The molecule has 0 amide bonds. The lowest BCUT2D eigenvalue weighted by atomic mass is 10.1. The van der Waals surface area contributed by atoms with E-state index >= 15 is 0 Å². The maximum atomic E-state index is 13.5. The summed E-state index contributed by atoms with van der Waals surface area (Å²) in [4.78, 5) is 2.49. The summed E-state index contributed by atoms with van der Waals surface area (Å²) in [5, 5.41) is 13.2. The number of nitrogens with zero attached hydrogens (tertiary/aromatic N) is 1. The second-order valence-electron chi connectivity index (χ2n) is 5.91. The van der Waals surface area contributed by atoms with Gasteiger partial charge in [-0.1, -0.05) is 18.2 Å². The van der Waals surface area contributed by atoms with Gasteiger partial charge in [0.1, 0.15) is 5.82 Å². The molecule has 0 radical (unpaired) electrons. The van der Waals surface area contributed by atoms with Gasteiger partial charge in [0.2, 0.25) is 0 Å². The third-order valence-corrected chi connectivity index (χ3v) is 4.21. The number of nitrogens with one attached hydrogen (secondary N) is 1. The Labute approximate surface area is 124 Å². The summed E-state index contributed by atoms with van der Waals surface area (Å²) >= 11 is 0. The van der Waals surface area contributed by atoms with Gasteiger partial charge < -0.3 is 15.2 Å². The van der Waals surface area contributed by atoms with Gasteiger partial charge in [-0.25, -0.2) is 4.39 Å². The number of hydrogen-bond donors (Lipinski definition) is 2. The summed E-state index contributed by atoms with van der Waals surface area (Å²) < 4.78 is 19.3.